The third-order valence-corrected chi connectivity index (χ3v) is 1.30. The van der Waals surface area contributed by atoms with E-state index in [1.165, 1.54) is 12.3 Å². The monoisotopic (exact) mass is 163 g/mol. The Labute approximate surface area is 70.1 Å². The molecule has 0 amide bonds. The SMILES string of the molecule is NNC=CC(=O)c1ccncc1. The molecule has 4 heteroatoms. The minimum absolute atomic E-state index is 0.102. The van der Waals surface area contributed by atoms with Gasteiger partial charge in [0.05, 0.1) is 0 Å². The second kappa shape index (κ2) is 4.25. The number of allylic oxidation sites excluding steroid dienone is 1. The molecule has 0 aromatic carbocycles. The molecule has 1 heterocycles. The molecule has 0 saturated carbocycles. The minimum atomic E-state index is -0.102. The Morgan fingerprint density at radius 3 is 2.75 bits per heavy atom. The van der Waals surface area contributed by atoms with Gasteiger partial charge in [0.25, 0.3) is 0 Å². The number of carbonyl (C=O) groups is 1. The molecule has 0 saturated heterocycles. The largest absolute Gasteiger partial charge is 0.331 e. The topological polar surface area (TPSA) is 68.0 Å². The molecule has 0 radical (unpaired) electrons. The molecule has 0 atom stereocenters. The molecule has 0 fully saturated rings. The average Bonchev–Trinajstić information content (AvgIpc) is 2.15. The molecular weight excluding hydrogens is 154 g/mol. The second-order valence-corrected chi connectivity index (χ2v) is 2.10. The van der Waals surface area contributed by atoms with Crippen molar-refractivity contribution in [1.29, 1.82) is 0 Å². The van der Waals surface area contributed by atoms with Gasteiger partial charge in [-0.05, 0) is 12.1 Å². The molecule has 1 rings (SSSR count). The van der Waals surface area contributed by atoms with Crippen molar-refractivity contribution >= 4 is 5.78 Å². The Hall–Kier alpha value is -1.68. The van der Waals surface area contributed by atoms with E-state index in [-0.39, 0.29) is 5.78 Å². The van der Waals surface area contributed by atoms with E-state index in [1.54, 1.807) is 24.5 Å². The van der Waals surface area contributed by atoms with Crippen molar-refractivity contribution in [3.8, 4) is 0 Å². The summed E-state index contributed by atoms with van der Waals surface area (Å²) in [6, 6.07) is 3.28. The van der Waals surface area contributed by atoms with E-state index in [0.717, 1.165) is 0 Å². The summed E-state index contributed by atoms with van der Waals surface area (Å²) in [6.07, 6.45) is 5.87. The maximum Gasteiger partial charge on any atom is 0.187 e. The number of nitrogens with zero attached hydrogens (tertiary/aromatic N) is 1. The number of nitrogens with two attached hydrogens (primary N) is 1. The van der Waals surface area contributed by atoms with E-state index >= 15 is 0 Å². The number of carbonyl (C=O) groups excluding carboxylic acids is 1. The van der Waals surface area contributed by atoms with Gasteiger partial charge in [0.15, 0.2) is 5.78 Å². The van der Waals surface area contributed by atoms with Crippen molar-refractivity contribution in [2.75, 3.05) is 0 Å². The van der Waals surface area contributed by atoms with Gasteiger partial charge in [0, 0.05) is 30.2 Å². The van der Waals surface area contributed by atoms with E-state index in [2.05, 4.69) is 10.4 Å². The Morgan fingerprint density at radius 2 is 2.17 bits per heavy atom. The van der Waals surface area contributed by atoms with Crippen molar-refractivity contribution in [3.05, 3.63) is 42.4 Å². The van der Waals surface area contributed by atoms with Gasteiger partial charge in [-0.2, -0.15) is 0 Å². The van der Waals surface area contributed by atoms with Crippen molar-refractivity contribution in [3.63, 3.8) is 0 Å². The number of hydrogen-bond acceptors (Lipinski definition) is 4. The van der Waals surface area contributed by atoms with E-state index in [9.17, 15) is 4.79 Å². The van der Waals surface area contributed by atoms with Gasteiger partial charge in [-0.1, -0.05) is 0 Å². The zero-order chi connectivity index (χ0) is 8.81. The summed E-state index contributed by atoms with van der Waals surface area (Å²) in [5, 5.41) is 0. The second-order valence-electron chi connectivity index (χ2n) is 2.10. The van der Waals surface area contributed by atoms with Gasteiger partial charge in [-0.15, -0.1) is 0 Å². The van der Waals surface area contributed by atoms with Crippen LogP contribution < -0.4 is 11.3 Å². The summed E-state index contributed by atoms with van der Waals surface area (Å²) in [5.41, 5.74) is 2.85. The van der Waals surface area contributed by atoms with Crippen molar-refractivity contribution in [1.82, 2.24) is 10.4 Å². The van der Waals surface area contributed by atoms with Crippen LogP contribution in [0.4, 0.5) is 0 Å². The highest BCUT2D eigenvalue weighted by molar-refractivity contribution is 6.04. The fourth-order valence-corrected chi connectivity index (χ4v) is 0.736. The summed E-state index contributed by atoms with van der Waals surface area (Å²) in [5.74, 6) is 4.85. The number of pyridine rings is 1. The van der Waals surface area contributed by atoms with Crippen LogP contribution >= 0.6 is 0 Å². The first-order valence-electron chi connectivity index (χ1n) is 3.41. The minimum Gasteiger partial charge on any atom is -0.331 e. The lowest BCUT2D eigenvalue weighted by Crippen LogP contribution is -2.13. The van der Waals surface area contributed by atoms with Crippen LogP contribution in [-0.2, 0) is 0 Å². The van der Waals surface area contributed by atoms with E-state index < -0.39 is 0 Å². The third-order valence-electron chi connectivity index (χ3n) is 1.30. The molecule has 0 aliphatic heterocycles. The molecule has 1 aromatic rings. The van der Waals surface area contributed by atoms with Gasteiger partial charge >= 0.3 is 0 Å². The molecule has 0 spiro atoms. The Balaban J connectivity index is 2.72. The fourth-order valence-electron chi connectivity index (χ4n) is 0.736. The number of nitrogens with one attached hydrogen (secondary N) is 1. The quantitative estimate of drug-likeness (QED) is 0.290. The predicted octanol–water partition coefficient (Wildman–Crippen LogP) is 0.241. The summed E-state index contributed by atoms with van der Waals surface area (Å²) >= 11 is 0. The maximum atomic E-state index is 11.2. The number of rotatable bonds is 3. The molecule has 0 bridgehead atoms. The molecule has 62 valence electrons. The van der Waals surface area contributed by atoms with Crippen LogP contribution in [0.15, 0.2) is 36.8 Å². The molecule has 0 aliphatic carbocycles. The van der Waals surface area contributed by atoms with Crippen LogP contribution in [0.2, 0.25) is 0 Å². The lowest BCUT2D eigenvalue weighted by molar-refractivity contribution is 0.104. The summed E-state index contributed by atoms with van der Waals surface area (Å²) in [7, 11) is 0. The summed E-state index contributed by atoms with van der Waals surface area (Å²) in [6.45, 7) is 0. The van der Waals surface area contributed by atoms with Gasteiger partial charge < -0.3 is 5.43 Å². The molecule has 4 nitrogen and oxygen atoms in total. The molecule has 1 aromatic heterocycles. The first-order valence-corrected chi connectivity index (χ1v) is 3.41. The van der Waals surface area contributed by atoms with Crippen LogP contribution in [0.3, 0.4) is 0 Å². The zero-order valence-corrected chi connectivity index (χ0v) is 6.40. The summed E-state index contributed by atoms with van der Waals surface area (Å²) in [4.78, 5) is 15.0. The Bertz CT molecular complexity index is 282. The third kappa shape index (κ3) is 2.17. The van der Waals surface area contributed by atoms with Gasteiger partial charge in [0.2, 0.25) is 0 Å². The van der Waals surface area contributed by atoms with Crippen molar-refractivity contribution in [2.24, 2.45) is 5.84 Å². The molecular formula is C8H9N3O. The van der Waals surface area contributed by atoms with E-state index in [0.29, 0.717) is 5.56 Å². The average molecular weight is 163 g/mol. The number of ketones is 1. The lowest BCUT2D eigenvalue weighted by Gasteiger charge is -1.92. The molecule has 0 aliphatic rings. The molecule has 12 heavy (non-hydrogen) atoms. The fraction of sp³-hybridized carbons (Fsp3) is 0. The number of hydrogen-bond donors (Lipinski definition) is 2. The number of hydrazine groups is 1. The Morgan fingerprint density at radius 1 is 1.50 bits per heavy atom. The standard InChI is InChI=1S/C8H9N3O/c9-11-6-3-8(12)7-1-4-10-5-2-7/h1-6,11H,9H2. The van der Waals surface area contributed by atoms with Crippen LogP contribution in [-0.4, -0.2) is 10.8 Å². The zero-order valence-electron chi connectivity index (χ0n) is 6.40. The van der Waals surface area contributed by atoms with Gasteiger partial charge in [0.1, 0.15) is 0 Å². The number of aromatic nitrogens is 1. The highest BCUT2D eigenvalue weighted by Crippen LogP contribution is 1.97. The van der Waals surface area contributed by atoms with Crippen LogP contribution in [0.25, 0.3) is 0 Å². The van der Waals surface area contributed by atoms with Crippen LogP contribution in [0, 0.1) is 0 Å². The first kappa shape index (κ1) is 8.42. The normalized spacial score (nSPS) is 10.1. The van der Waals surface area contributed by atoms with Crippen molar-refractivity contribution < 1.29 is 4.79 Å². The lowest BCUT2D eigenvalue weighted by atomic mass is 10.2. The highest BCUT2D eigenvalue weighted by Gasteiger charge is 1.98. The smallest absolute Gasteiger partial charge is 0.187 e. The van der Waals surface area contributed by atoms with E-state index in [1.807, 2.05) is 0 Å². The van der Waals surface area contributed by atoms with Crippen molar-refractivity contribution in [2.45, 2.75) is 0 Å². The van der Waals surface area contributed by atoms with Crippen LogP contribution in [0.1, 0.15) is 10.4 Å². The molecule has 3 N–H and O–H groups in total. The molecule has 0 unspecified atom stereocenters. The highest BCUT2D eigenvalue weighted by atomic mass is 16.1. The van der Waals surface area contributed by atoms with Gasteiger partial charge in [-0.3, -0.25) is 15.6 Å². The van der Waals surface area contributed by atoms with Gasteiger partial charge in [-0.25, -0.2) is 0 Å². The van der Waals surface area contributed by atoms with E-state index in [4.69, 9.17) is 5.84 Å². The van der Waals surface area contributed by atoms with Crippen LogP contribution in [0.5, 0.6) is 0 Å². The Kier molecular flexibility index (Phi) is 2.98. The predicted molar refractivity (Wildman–Crippen MR) is 45.0 cm³/mol. The summed E-state index contributed by atoms with van der Waals surface area (Å²) < 4.78 is 0. The maximum absolute atomic E-state index is 11.2. The first-order chi connectivity index (χ1) is 5.84.